The number of carboxylic acid groups (broad SMARTS) is 1. The third-order valence-corrected chi connectivity index (χ3v) is 4.69. The van der Waals surface area contributed by atoms with Crippen LogP contribution in [-0.2, 0) is 7.05 Å². The van der Waals surface area contributed by atoms with Crippen molar-refractivity contribution >= 4 is 11.8 Å². The van der Waals surface area contributed by atoms with Crippen molar-refractivity contribution in [3.05, 3.63) is 11.3 Å². The number of aromatic nitrogens is 2. The smallest absolute Gasteiger partial charge is 0.341 e. The van der Waals surface area contributed by atoms with E-state index in [4.69, 9.17) is 0 Å². The summed E-state index contributed by atoms with van der Waals surface area (Å²) in [5.41, 5.74) is 0.998. The van der Waals surface area contributed by atoms with Crippen molar-refractivity contribution in [2.24, 2.45) is 13.0 Å². The standard InChI is InChI=1S/C14H21N3O2/c1-9-12(14(18)19)13(16(2)15-9)17-8-7-10-5-3-4-6-11(10)17/h10-11H,3-8H2,1-2H3,(H,18,19). The van der Waals surface area contributed by atoms with Crippen molar-refractivity contribution in [3.63, 3.8) is 0 Å². The molecule has 1 aromatic rings. The van der Waals surface area contributed by atoms with Gasteiger partial charge in [-0.2, -0.15) is 5.10 Å². The van der Waals surface area contributed by atoms with Crippen molar-refractivity contribution in [2.45, 2.75) is 45.1 Å². The average Bonchev–Trinajstić information content (AvgIpc) is 2.89. The van der Waals surface area contributed by atoms with Crippen LogP contribution in [0.15, 0.2) is 0 Å². The van der Waals surface area contributed by atoms with E-state index in [1.807, 2.05) is 7.05 Å². The van der Waals surface area contributed by atoms with Crippen LogP contribution < -0.4 is 4.90 Å². The number of hydrogen-bond acceptors (Lipinski definition) is 3. The van der Waals surface area contributed by atoms with Crippen LogP contribution >= 0.6 is 0 Å². The van der Waals surface area contributed by atoms with Gasteiger partial charge in [0.2, 0.25) is 0 Å². The van der Waals surface area contributed by atoms with Gasteiger partial charge in [-0.1, -0.05) is 12.8 Å². The largest absolute Gasteiger partial charge is 0.477 e. The molecule has 1 aliphatic carbocycles. The summed E-state index contributed by atoms with van der Waals surface area (Å²) in [6, 6.07) is 0.515. The number of nitrogens with zero attached hydrogens (tertiary/aromatic N) is 3. The Morgan fingerprint density at radius 1 is 1.32 bits per heavy atom. The number of fused-ring (bicyclic) bond motifs is 1. The molecule has 0 aromatic carbocycles. The van der Waals surface area contributed by atoms with E-state index in [0.29, 0.717) is 17.3 Å². The Hall–Kier alpha value is -1.52. The number of carboxylic acids is 1. The molecule has 2 heterocycles. The van der Waals surface area contributed by atoms with Crippen LogP contribution in [0.4, 0.5) is 5.82 Å². The third-order valence-electron chi connectivity index (χ3n) is 4.69. The van der Waals surface area contributed by atoms with Crippen molar-refractivity contribution in [1.82, 2.24) is 9.78 Å². The second-order valence-electron chi connectivity index (χ2n) is 5.81. The molecule has 2 aliphatic rings. The topological polar surface area (TPSA) is 58.4 Å². The molecule has 1 N–H and O–H groups in total. The molecule has 1 aromatic heterocycles. The van der Waals surface area contributed by atoms with Gasteiger partial charge in [0.15, 0.2) is 0 Å². The van der Waals surface area contributed by atoms with E-state index in [-0.39, 0.29) is 0 Å². The minimum Gasteiger partial charge on any atom is -0.477 e. The molecule has 5 nitrogen and oxygen atoms in total. The zero-order valence-corrected chi connectivity index (χ0v) is 11.6. The van der Waals surface area contributed by atoms with Gasteiger partial charge in [-0.25, -0.2) is 4.79 Å². The minimum absolute atomic E-state index is 0.383. The van der Waals surface area contributed by atoms with Gasteiger partial charge in [0.25, 0.3) is 0 Å². The first-order valence-corrected chi connectivity index (χ1v) is 7.13. The Labute approximate surface area is 113 Å². The van der Waals surface area contributed by atoms with Crippen molar-refractivity contribution in [3.8, 4) is 0 Å². The van der Waals surface area contributed by atoms with E-state index in [9.17, 15) is 9.90 Å². The predicted molar refractivity (Wildman–Crippen MR) is 72.6 cm³/mol. The molecule has 3 rings (SSSR count). The molecule has 5 heteroatoms. The molecule has 2 unspecified atom stereocenters. The molecule has 2 atom stereocenters. The molecular formula is C14H21N3O2. The van der Waals surface area contributed by atoms with Gasteiger partial charge in [-0.3, -0.25) is 4.68 Å². The van der Waals surface area contributed by atoms with Gasteiger partial charge in [0, 0.05) is 19.6 Å². The molecule has 0 amide bonds. The second-order valence-corrected chi connectivity index (χ2v) is 5.81. The van der Waals surface area contributed by atoms with E-state index in [2.05, 4.69) is 10.00 Å². The maximum atomic E-state index is 11.5. The molecular weight excluding hydrogens is 242 g/mol. The van der Waals surface area contributed by atoms with Crippen LogP contribution in [0.5, 0.6) is 0 Å². The monoisotopic (exact) mass is 263 g/mol. The summed E-state index contributed by atoms with van der Waals surface area (Å²) in [6.07, 6.45) is 6.25. The quantitative estimate of drug-likeness (QED) is 0.888. The van der Waals surface area contributed by atoms with Crippen molar-refractivity contribution in [2.75, 3.05) is 11.4 Å². The van der Waals surface area contributed by atoms with Crippen LogP contribution in [-0.4, -0.2) is 33.4 Å². The highest BCUT2D eigenvalue weighted by Gasteiger charge is 2.39. The fourth-order valence-electron chi connectivity index (χ4n) is 3.89. The summed E-state index contributed by atoms with van der Waals surface area (Å²) < 4.78 is 1.75. The molecule has 2 fully saturated rings. The van der Waals surface area contributed by atoms with Gasteiger partial charge < -0.3 is 10.0 Å². The Morgan fingerprint density at radius 3 is 2.79 bits per heavy atom. The molecule has 104 valence electrons. The van der Waals surface area contributed by atoms with Gasteiger partial charge in [-0.15, -0.1) is 0 Å². The van der Waals surface area contributed by atoms with Crippen molar-refractivity contribution in [1.29, 1.82) is 0 Å². The lowest BCUT2D eigenvalue weighted by molar-refractivity contribution is 0.0696. The van der Waals surface area contributed by atoms with E-state index in [1.165, 1.54) is 32.1 Å². The number of anilines is 1. The molecule has 0 radical (unpaired) electrons. The van der Waals surface area contributed by atoms with Crippen molar-refractivity contribution < 1.29 is 9.90 Å². The SMILES string of the molecule is Cc1nn(C)c(N2CCC3CCCCC32)c1C(=O)O. The number of aromatic carboxylic acids is 1. The fraction of sp³-hybridized carbons (Fsp3) is 0.714. The zero-order chi connectivity index (χ0) is 13.6. The molecule has 1 saturated heterocycles. The van der Waals surface area contributed by atoms with Crippen LogP contribution in [0.3, 0.4) is 0 Å². The van der Waals surface area contributed by atoms with Crippen LogP contribution in [0.1, 0.15) is 48.2 Å². The van der Waals surface area contributed by atoms with Crippen LogP contribution in [0.25, 0.3) is 0 Å². The lowest BCUT2D eigenvalue weighted by Crippen LogP contribution is -2.36. The Bertz CT molecular complexity index is 509. The Kier molecular flexibility index (Phi) is 2.99. The van der Waals surface area contributed by atoms with Gasteiger partial charge >= 0.3 is 5.97 Å². The van der Waals surface area contributed by atoms with E-state index < -0.39 is 5.97 Å². The summed E-state index contributed by atoms with van der Waals surface area (Å²) in [7, 11) is 1.85. The number of hydrogen-bond donors (Lipinski definition) is 1. The third kappa shape index (κ3) is 1.91. The van der Waals surface area contributed by atoms with Gasteiger partial charge in [0.05, 0.1) is 5.69 Å². The maximum Gasteiger partial charge on any atom is 0.341 e. The predicted octanol–water partition coefficient (Wildman–Crippen LogP) is 2.20. The Balaban J connectivity index is 2.00. The number of carbonyl (C=O) groups is 1. The molecule has 1 saturated carbocycles. The van der Waals surface area contributed by atoms with Crippen LogP contribution in [0.2, 0.25) is 0 Å². The molecule has 0 spiro atoms. The molecule has 0 bridgehead atoms. The summed E-state index contributed by atoms with van der Waals surface area (Å²) >= 11 is 0. The fourth-order valence-corrected chi connectivity index (χ4v) is 3.89. The van der Waals surface area contributed by atoms with Gasteiger partial charge in [0.1, 0.15) is 11.4 Å². The molecule has 1 aliphatic heterocycles. The van der Waals surface area contributed by atoms with Gasteiger partial charge in [-0.05, 0) is 32.1 Å². The lowest BCUT2D eigenvalue weighted by Gasteiger charge is -2.33. The second kappa shape index (κ2) is 4.54. The van der Waals surface area contributed by atoms with E-state index >= 15 is 0 Å². The summed E-state index contributed by atoms with van der Waals surface area (Å²) in [4.78, 5) is 13.8. The van der Waals surface area contributed by atoms with E-state index in [1.54, 1.807) is 11.6 Å². The summed E-state index contributed by atoms with van der Waals surface area (Å²) in [6.45, 7) is 2.75. The first-order chi connectivity index (χ1) is 9.09. The Morgan fingerprint density at radius 2 is 2.05 bits per heavy atom. The first-order valence-electron chi connectivity index (χ1n) is 7.13. The van der Waals surface area contributed by atoms with Crippen LogP contribution in [0, 0.1) is 12.8 Å². The number of rotatable bonds is 2. The highest BCUT2D eigenvalue weighted by molar-refractivity contribution is 5.95. The summed E-state index contributed by atoms with van der Waals surface area (Å²) in [5.74, 6) is 0.685. The maximum absolute atomic E-state index is 11.5. The zero-order valence-electron chi connectivity index (χ0n) is 11.6. The minimum atomic E-state index is -0.861. The summed E-state index contributed by atoms with van der Waals surface area (Å²) in [5, 5.41) is 13.7. The molecule has 19 heavy (non-hydrogen) atoms. The highest BCUT2D eigenvalue weighted by Crippen LogP contribution is 2.40. The highest BCUT2D eigenvalue weighted by atomic mass is 16.4. The first kappa shape index (κ1) is 12.5. The lowest BCUT2D eigenvalue weighted by atomic mass is 9.85. The van der Waals surface area contributed by atoms with E-state index in [0.717, 1.165) is 18.3 Å². The normalized spacial score (nSPS) is 26.5. The number of aryl methyl sites for hydroxylation is 2. The average molecular weight is 263 g/mol.